The Balaban J connectivity index is 1.98. The van der Waals surface area contributed by atoms with Crippen LogP contribution in [0.15, 0.2) is 0 Å². The number of anilines is 1. The second-order valence-corrected chi connectivity index (χ2v) is 6.16. The molecule has 5 nitrogen and oxygen atoms in total. The van der Waals surface area contributed by atoms with Gasteiger partial charge in [0, 0.05) is 39.3 Å². The normalized spacial score (nSPS) is 15.8. The molecule has 0 unspecified atom stereocenters. The van der Waals surface area contributed by atoms with Gasteiger partial charge in [-0.25, -0.2) is 0 Å². The van der Waals surface area contributed by atoms with Crippen molar-refractivity contribution in [1.82, 2.24) is 20.0 Å². The molecule has 0 aromatic carbocycles. The molecule has 1 saturated heterocycles. The van der Waals surface area contributed by atoms with E-state index in [2.05, 4.69) is 48.2 Å². The maximum Gasteiger partial charge on any atom is 0.131 e. The zero-order valence-corrected chi connectivity index (χ0v) is 14.2. The summed E-state index contributed by atoms with van der Waals surface area (Å²) in [7, 11) is 4.24. The van der Waals surface area contributed by atoms with Crippen LogP contribution in [0, 0.1) is 6.92 Å². The van der Waals surface area contributed by atoms with E-state index in [1.165, 1.54) is 43.7 Å². The predicted octanol–water partition coefficient (Wildman–Crippen LogP) is 1.76. The standard InChI is InChI=1S/C16H31N5/c1-5-8-17-13-15-14(2)18-20(4)16(15)19(3)11-12-21-9-6-7-10-21/h17H,5-13H2,1-4H3. The zero-order valence-electron chi connectivity index (χ0n) is 14.2. The molecule has 1 aliphatic rings. The first-order valence-corrected chi connectivity index (χ1v) is 8.30. The minimum absolute atomic E-state index is 0.914. The maximum atomic E-state index is 4.61. The summed E-state index contributed by atoms with van der Waals surface area (Å²) >= 11 is 0. The van der Waals surface area contributed by atoms with Gasteiger partial charge in [0.25, 0.3) is 0 Å². The highest BCUT2D eigenvalue weighted by Gasteiger charge is 2.18. The Morgan fingerprint density at radius 2 is 2.00 bits per heavy atom. The van der Waals surface area contributed by atoms with Gasteiger partial charge in [-0.2, -0.15) is 5.10 Å². The third-order valence-corrected chi connectivity index (χ3v) is 4.35. The topological polar surface area (TPSA) is 36.3 Å². The van der Waals surface area contributed by atoms with Gasteiger partial charge in [0.2, 0.25) is 0 Å². The first-order chi connectivity index (χ1) is 10.1. The lowest BCUT2D eigenvalue weighted by Crippen LogP contribution is -2.33. The zero-order chi connectivity index (χ0) is 15.2. The fourth-order valence-electron chi connectivity index (χ4n) is 3.17. The Hall–Kier alpha value is -1.07. The number of nitrogens with zero attached hydrogens (tertiary/aromatic N) is 4. The molecule has 0 amide bonds. The number of hydrogen-bond acceptors (Lipinski definition) is 4. The Kier molecular flexibility index (Phi) is 6.06. The summed E-state index contributed by atoms with van der Waals surface area (Å²) in [5, 5.41) is 8.12. The molecule has 21 heavy (non-hydrogen) atoms. The highest BCUT2D eigenvalue weighted by molar-refractivity contribution is 5.49. The van der Waals surface area contributed by atoms with Crippen molar-refractivity contribution in [3.63, 3.8) is 0 Å². The number of rotatable bonds is 8. The van der Waals surface area contributed by atoms with Crippen LogP contribution in [0.1, 0.15) is 37.4 Å². The number of likely N-dealkylation sites (N-methyl/N-ethyl adjacent to an activating group) is 1. The molecular formula is C16H31N5. The van der Waals surface area contributed by atoms with Crippen molar-refractivity contribution in [3.05, 3.63) is 11.3 Å². The van der Waals surface area contributed by atoms with Crippen LogP contribution < -0.4 is 10.2 Å². The number of hydrogen-bond donors (Lipinski definition) is 1. The van der Waals surface area contributed by atoms with Crippen molar-refractivity contribution in [1.29, 1.82) is 0 Å². The molecule has 1 aromatic rings. The minimum atomic E-state index is 0.914. The number of nitrogens with one attached hydrogen (secondary N) is 1. The number of likely N-dealkylation sites (tertiary alicyclic amines) is 1. The molecule has 1 aliphatic heterocycles. The van der Waals surface area contributed by atoms with Gasteiger partial charge in [0.1, 0.15) is 5.82 Å². The van der Waals surface area contributed by atoms with Crippen LogP contribution >= 0.6 is 0 Å². The van der Waals surface area contributed by atoms with Crippen LogP contribution in [-0.4, -0.2) is 54.5 Å². The molecule has 5 heteroatoms. The molecular weight excluding hydrogens is 262 g/mol. The van der Waals surface area contributed by atoms with Gasteiger partial charge in [-0.3, -0.25) is 4.68 Å². The van der Waals surface area contributed by atoms with Crippen LogP contribution in [0.2, 0.25) is 0 Å². The molecule has 2 heterocycles. The van der Waals surface area contributed by atoms with Crippen molar-refractivity contribution in [2.24, 2.45) is 7.05 Å². The Morgan fingerprint density at radius 3 is 2.67 bits per heavy atom. The van der Waals surface area contributed by atoms with Gasteiger partial charge in [-0.05, 0) is 45.8 Å². The summed E-state index contributed by atoms with van der Waals surface area (Å²) in [4.78, 5) is 4.93. The van der Waals surface area contributed by atoms with Crippen molar-refractivity contribution in [3.8, 4) is 0 Å². The Bertz CT molecular complexity index is 434. The van der Waals surface area contributed by atoms with E-state index in [1.807, 2.05) is 4.68 Å². The van der Waals surface area contributed by atoms with E-state index in [0.29, 0.717) is 0 Å². The fourth-order valence-corrected chi connectivity index (χ4v) is 3.17. The van der Waals surface area contributed by atoms with Crippen LogP contribution in [0.3, 0.4) is 0 Å². The maximum absolute atomic E-state index is 4.61. The summed E-state index contributed by atoms with van der Waals surface area (Å²) in [6.45, 7) is 11.0. The Morgan fingerprint density at radius 1 is 1.29 bits per heavy atom. The van der Waals surface area contributed by atoms with E-state index in [4.69, 9.17) is 0 Å². The third kappa shape index (κ3) is 4.20. The summed E-state index contributed by atoms with van der Waals surface area (Å²) in [5.74, 6) is 1.26. The lowest BCUT2D eigenvalue weighted by atomic mass is 10.2. The van der Waals surface area contributed by atoms with E-state index in [0.717, 1.165) is 31.9 Å². The van der Waals surface area contributed by atoms with Crippen molar-refractivity contribution >= 4 is 5.82 Å². The van der Waals surface area contributed by atoms with Gasteiger partial charge >= 0.3 is 0 Å². The highest BCUT2D eigenvalue weighted by atomic mass is 15.4. The molecule has 0 bridgehead atoms. The van der Waals surface area contributed by atoms with Crippen LogP contribution in [0.25, 0.3) is 0 Å². The van der Waals surface area contributed by atoms with E-state index in [1.54, 1.807) is 0 Å². The molecule has 1 N–H and O–H groups in total. The fraction of sp³-hybridized carbons (Fsp3) is 0.812. The molecule has 120 valence electrons. The average Bonchev–Trinajstić information content (AvgIpc) is 3.05. The van der Waals surface area contributed by atoms with Gasteiger partial charge in [0.05, 0.1) is 5.69 Å². The van der Waals surface area contributed by atoms with E-state index >= 15 is 0 Å². The molecule has 0 spiro atoms. The summed E-state index contributed by atoms with van der Waals surface area (Å²) in [6, 6.07) is 0. The summed E-state index contributed by atoms with van der Waals surface area (Å²) in [6.07, 6.45) is 3.89. The SMILES string of the molecule is CCCNCc1c(C)nn(C)c1N(C)CCN1CCCC1. The third-order valence-electron chi connectivity index (χ3n) is 4.35. The van der Waals surface area contributed by atoms with Crippen LogP contribution in [0.5, 0.6) is 0 Å². The quantitative estimate of drug-likeness (QED) is 0.741. The molecule has 0 saturated carbocycles. The molecule has 0 atom stereocenters. The van der Waals surface area contributed by atoms with E-state index in [9.17, 15) is 0 Å². The first kappa shape index (κ1) is 16.3. The van der Waals surface area contributed by atoms with Crippen LogP contribution in [0.4, 0.5) is 5.82 Å². The second kappa shape index (κ2) is 7.80. The van der Waals surface area contributed by atoms with Gasteiger partial charge in [-0.1, -0.05) is 6.92 Å². The van der Waals surface area contributed by atoms with Crippen molar-refractivity contribution < 1.29 is 0 Å². The smallest absolute Gasteiger partial charge is 0.131 e. The van der Waals surface area contributed by atoms with Gasteiger partial charge in [0.15, 0.2) is 0 Å². The first-order valence-electron chi connectivity index (χ1n) is 8.30. The average molecular weight is 293 g/mol. The number of aromatic nitrogens is 2. The second-order valence-electron chi connectivity index (χ2n) is 6.16. The molecule has 1 aromatic heterocycles. The monoisotopic (exact) mass is 293 g/mol. The Labute approximate surface area is 129 Å². The molecule has 1 fully saturated rings. The lowest BCUT2D eigenvalue weighted by Gasteiger charge is -2.24. The minimum Gasteiger partial charge on any atom is -0.358 e. The molecule has 0 aliphatic carbocycles. The molecule has 2 rings (SSSR count). The highest BCUT2D eigenvalue weighted by Crippen LogP contribution is 2.22. The van der Waals surface area contributed by atoms with Gasteiger partial charge < -0.3 is 15.1 Å². The number of aryl methyl sites for hydroxylation is 2. The van der Waals surface area contributed by atoms with E-state index < -0.39 is 0 Å². The lowest BCUT2D eigenvalue weighted by molar-refractivity contribution is 0.346. The molecule has 0 radical (unpaired) electrons. The summed E-state index contributed by atoms with van der Waals surface area (Å²) < 4.78 is 2.03. The largest absolute Gasteiger partial charge is 0.358 e. The predicted molar refractivity (Wildman–Crippen MR) is 88.9 cm³/mol. The summed E-state index contributed by atoms with van der Waals surface area (Å²) in [5.41, 5.74) is 2.49. The van der Waals surface area contributed by atoms with E-state index in [-0.39, 0.29) is 0 Å². The van der Waals surface area contributed by atoms with Crippen LogP contribution in [-0.2, 0) is 13.6 Å². The van der Waals surface area contributed by atoms with Crippen molar-refractivity contribution in [2.45, 2.75) is 39.7 Å². The van der Waals surface area contributed by atoms with Crippen molar-refractivity contribution in [2.75, 3.05) is 44.7 Å². The van der Waals surface area contributed by atoms with Gasteiger partial charge in [-0.15, -0.1) is 0 Å².